The summed E-state index contributed by atoms with van der Waals surface area (Å²) in [5.74, 6) is 0.0418. The van der Waals surface area contributed by atoms with Crippen LogP contribution in [0.1, 0.15) is 5.56 Å². The van der Waals surface area contributed by atoms with Gasteiger partial charge in [0, 0.05) is 10.6 Å². The lowest BCUT2D eigenvalue weighted by molar-refractivity contribution is 0.122. The van der Waals surface area contributed by atoms with Crippen LogP contribution in [0.4, 0.5) is 19.3 Å². The molecular weight excluding hydrogens is 441 g/mol. The van der Waals surface area contributed by atoms with E-state index in [0.717, 1.165) is 0 Å². The lowest BCUT2D eigenvalue weighted by atomic mass is 10.2. The topological polar surface area (TPSA) is 50.7 Å². The SMILES string of the molecule is CO/C(=N\C(=O)Nc1ccc(SC(F)(F)C(Cl)Cl)cc1)c1ccccc1Cl. The molecule has 0 radical (unpaired) electrons. The maximum absolute atomic E-state index is 13.5. The fraction of sp³-hybridized carbons (Fsp3) is 0.176. The van der Waals surface area contributed by atoms with Crippen molar-refractivity contribution in [3.8, 4) is 0 Å². The van der Waals surface area contributed by atoms with Gasteiger partial charge in [0.2, 0.25) is 5.90 Å². The summed E-state index contributed by atoms with van der Waals surface area (Å²) in [4.78, 5) is 14.3. The van der Waals surface area contributed by atoms with E-state index in [1.54, 1.807) is 24.3 Å². The number of hydrogen-bond donors (Lipinski definition) is 1. The Labute approximate surface area is 173 Å². The standard InChI is InChI=1S/C17H13Cl3F2N2O2S/c1-26-14(12-4-2-3-5-13(12)18)24-16(25)23-10-6-8-11(9-7-10)27-17(21,22)15(19)20/h2-9,15H,1H3,(H,23,25)/b24-14-. The molecule has 0 saturated heterocycles. The van der Waals surface area contributed by atoms with Crippen LogP contribution in [0.15, 0.2) is 58.4 Å². The van der Waals surface area contributed by atoms with Crippen molar-refractivity contribution < 1.29 is 18.3 Å². The van der Waals surface area contributed by atoms with E-state index in [-0.39, 0.29) is 22.6 Å². The molecule has 2 amide bonds. The summed E-state index contributed by atoms with van der Waals surface area (Å²) >= 11 is 16.8. The third-order valence-corrected chi connectivity index (χ3v) is 5.27. The number of nitrogens with one attached hydrogen (secondary N) is 1. The first-order chi connectivity index (χ1) is 12.7. The van der Waals surface area contributed by atoms with Crippen LogP contribution < -0.4 is 5.32 Å². The van der Waals surface area contributed by atoms with E-state index in [0.29, 0.717) is 16.3 Å². The number of halogens is 5. The van der Waals surface area contributed by atoms with Gasteiger partial charge in [0.05, 0.1) is 17.7 Å². The number of thioether (sulfide) groups is 1. The van der Waals surface area contributed by atoms with Gasteiger partial charge in [0.15, 0.2) is 4.84 Å². The fourth-order valence-corrected chi connectivity index (χ4v) is 3.06. The molecule has 4 nitrogen and oxygen atoms in total. The molecule has 0 aliphatic heterocycles. The van der Waals surface area contributed by atoms with E-state index in [2.05, 4.69) is 10.3 Å². The predicted molar refractivity (Wildman–Crippen MR) is 107 cm³/mol. The smallest absolute Gasteiger partial charge is 0.348 e. The second-order valence-corrected chi connectivity index (χ2v) is 7.74. The number of rotatable bonds is 5. The molecule has 0 heterocycles. The number of methoxy groups -OCH3 is 1. The molecule has 144 valence electrons. The molecule has 2 aromatic rings. The number of carbonyl (C=O) groups excluding carboxylic acids is 1. The van der Waals surface area contributed by atoms with Crippen molar-refractivity contribution in [2.45, 2.75) is 15.0 Å². The molecule has 0 aliphatic carbocycles. The molecule has 0 spiro atoms. The summed E-state index contributed by atoms with van der Waals surface area (Å²) in [6.45, 7) is 0. The lowest BCUT2D eigenvalue weighted by Crippen LogP contribution is -2.19. The van der Waals surface area contributed by atoms with Gasteiger partial charge in [0.1, 0.15) is 0 Å². The molecule has 27 heavy (non-hydrogen) atoms. The highest BCUT2D eigenvalue weighted by Gasteiger charge is 2.38. The molecule has 0 unspecified atom stereocenters. The van der Waals surface area contributed by atoms with Gasteiger partial charge in [-0.3, -0.25) is 0 Å². The van der Waals surface area contributed by atoms with Gasteiger partial charge in [-0.05, 0) is 48.2 Å². The highest BCUT2D eigenvalue weighted by atomic mass is 35.5. The molecule has 10 heteroatoms. The number of carbonyl (C=O) groups is 1. The zero-order chi connectivity index (χ0) is 20.0. The quantitative estimate of drug-likeness (QED) is 0.245. The number of hydrogen-bond acceptors (Lipinski definition) is 3. The Morgan fingerprint density at radius 2 is 1.81 bits per heavy atom. The Balaban J connectivity index is 2.08. The molecule has 0 bridgehead atoms. The van der Waals surface area contributed by atoms with Crippen LogP contribution in [0.25, 0.3) is 0 Å². The highest BCUT2D eigenvalue weighted by Crippen LogP contribution is 2.42. The second-order valence-electron chi connectivity index (χ2n) is 5.02. The predicted octanol–water partition coefficient (Wildman–Crippen LogP) is 6.45. The van der Waals surface area contributed by atoms with Crippen molar-refractivity contribution in [3.05, 3.63) is 59.1 Å². The van der Waals surface area contributed by atoms with E-state index >= 15 is 0 Å². The van der Waals surface area contributed by atoms with E-state index in [1.165, 1.54) is 31.4 Å². The van der Waals surface area contributed by atoms with Crippen molar-refractivity contribution in [3.63, 3.8) is 0 Å². The Morgan fingerprint density at radius 3 is 2.37 bits per heavy atom. The minimum atomic E-state index is -3.33. The van der Waals surface area contributed by atoms with Gasteiger partial charge in [-0.25, -0.2) is 4.79 Å². The van der Waals surface area contributed by atoms with Gasteiger partial charge < -0.3 is 10.1 Å². The van der Waals surface area contributed by atoms with Crippen LogP contribution in [-0.4, -0.2) is 29.1 Å². The fourth-order valence-electron chi connectivity index (χ4n) is 1.90. The van der Waals surface area contributed by atoms with E-state index in [9.17, 15) is 13.6 Å². The molecule has 0 aromatic heterocycles. The summed E-state index contributed by atoms with van der Waals surface area (Å²) in [6, 6.07) is 11.8. The van der Waals surface area contributed by atoms with Crippen molar-refractivity contribution in [2.75, 3.05) is 12.4 Å². The summed E-state index contributed by atoms with van der Waals surface area (Å²) in [5, 5.41) is -0.443. The summed E-state index contributed by atoms with van der Waals surface area (Å²) in [7, 11) is 1.36. The van der Waals surface area contributed by atoms with Crippen LogP contribution in [0, 0.1) is 0 Å². The van der Waals surface area contributed by atoms with E-state index in [1.807, 2.05) is 0 Å². The highest BCUT2D eigenvalue weighted by molar-refractivity contribution is 8.00. The third kappa shape index (κ3) is 6.24. The molecule has 0 atom stereocenters. The van der Waals surface area contributed by atoms with Gasteiger partial charge in [-0.15, -0.1) is 0 Å². The zero-order valence-electron chi connectivity index (χ0n) is 13.8. The molecule has 2 rings (SSSR count). The Hall–Kier alpha value is -1.54. The summed E-state index contributed by atoms with van der Waals surface area (Å²) in [5.41, 5.74) is 0.821. The van der Waals surface area contributed by atoms with Crippen LogP contribution in [-0.2, 0) is 4.74 Å². The number of alkyl halides is 4. The van der Waals surface area contributed by atoms with Gasteiger partial charge in [-0.2, -0.15) is 13.8 Å². The van der Waals surface area contributed by atoms with E-state index < -0.39 is 16.1 Å². The molecular formula is C17H13Cl3F2N2O2S. The lowest BCUT2D eigenvalue weighted by Gasteiger charge is -2.16. The number of anilines is 1. The summed E-state index contributed by atoms with van der Waals surface area (Å²) < 4.78 is 32.1. The average molecular weight is 454 g/mol. The second kappa shape index (κ2) is 9.59. The number of urea groups is 1. The number of benzene rings is 2. The maximum atomic E-state index is 13.5. The average Bonchev–Trinajstić information content (AvgIpc) is 2.61. The normalized spacial score (nSPS) is 12.2. The molecule has 0 saturated carbocycles. The first-order valence-electron chi connectivity index (χ1n) is 7.36. The summed E-state index contributed by atoms with van der Waals surface area (Å²) in [6.07, 6.45) is 0. The van der Waals surface area contributed by atoms with Crippen molar-refractivity contribution in [1.82, 2.24) is 0 Å². The minimum absolute atomic E-state index is 0.0418. The molecule has 1 N–H and O–H groups in total. The first kappa shape index (κ1) is 21.8. The number of nitrogens with zero attached hydrogens (tertiary/aromatic N) is 1. The maximum Gasteiger partial charge on any atom is 0.348 e. The van der Waals surface area contributed by atoms with Crippen molar-refractivity contribution >= 4 is 64.2 Å². The molecule has 0 fully saturated rings. The van der Waals surface area contributed by atoms with Gasteiger partial charge >= 0.3 is 11.3 Å². The van der Waals surface area contributed by atoms with Crippen LogP contribution in [0.3, 0.4) is 0 Å². The molecule has 0 aliphatic rings. The molecule has 2 aromatic carbocycles. The number of ether oxygens (including phenoxy) is 1. The Bertz CT molecular complexity index is 833. The van der Waals surface area contributed by atoms with Crippen LogP contribution in [0.2, 0.25) is 5.02 Å². The Kier molecular flexibility index (Phi) is 7.73. The Morgan fingerprint density at radius 1 is 1.19 bits per heavy atom. The number of aliphatic imine (C=N–C) groups is 1. The van der Waals surface area contributed by atoms with Gasteiger partial charge in [-0.1, -0.05) is 46.9 Å². The number of amides is 2. The largest absolute Gasteiger partial charge is 0.480 e. The van der Waals surface area contributed by atoms with Crippen molar-refractivity contribution in [1.29, 1.82) is 0 Å². The third-order valence-electron chi connectivity index (χ3n) is 3.11. The van der Waals surface area contributed by atoms with Crippen LogP contribution >= 0.6 is 46.6 Å². The first-order valence-corrected chi connectivity index (χ1v) is 9.43. The zero-order valence-corrected chi connectivity index (χ0v) is 16.8. The van der Waals surface area contributed by atoms with Crippen molar-refractivity contribution in [2.24, 2.45) is 4.99 Å². The monoisotopic (exact) mass is 452 g/mol. The van der Waals surface area contributed by atoms with E-state index in [4.69, 9.17) is 39.5 Å². The van der Waals surface area contributed by atoms with Gasteiger partial charge in [0.25, 0.3) is 0 Å². The minimum Gasteiger partial charge on any atom is -0.480 e. The van der Waals surface area contributed by atoms with Crippen LogP contribution in [0.5, 0.6) is 0 Å².